The van der Waals surface area contributed by atoms with Gasteiger partial charge in [0.05, 0.1) is 18.3 Å². The van der Waals surface area contributed by atoms with Crippen molar-refractivity contribution in [2.75, 3.05) is 6.54 Å². The molecule has 0 bridgehead atoms. The monoisotopic (exact) mass is 218 g/mol. The summed E-state index contributed by atoms with van der Waals surface area (Å²) >= 11 is 0. The van der Waals surface area contributed by atoms with E-state index >= 15 is 0 Å². The van der Waals surface area contributed by atoms with Gasteiger partial charge in [0.2, 0.25) is 5.78 Å². The van der Waals surface area contributed by atoms with Gasteiger partial charge >= 0.3 is 0 Å². The van der Waals surface area contributed by atoms with Crippen LogP contribution >= 0.6 is 0 Å². The lowest BCUT2D eigenvalue weighted by molar-refractivity contribution is 0.103. The Morgan fingerprint density at radius 1 is 1.38 bits per heavy atom. The van der Waals surface area contributed by atoms with Crippen molar-refractivity contribution < 1.29 is 4.79 Å². The number of carbonyl (C=O) groups excluding carboxylic acids is 1. The molecule has 0 atom stereocenters. The number of hydrogen-bond donors (Lipinski definition) is 1. The summed E-state index contributed by atoms with van der Waals surface area (Å²) in [5.74, 6) is -0.246. The number of nitrogens with two attached hydrogens (primary N) is 1. The quantitative estimate of drug-likeness (QED) is 0.678. The van der Waals surface area contributed by atoms with Gasteiger partial charge in [-0.15, -0.1) is 5.10 Å². The first-order valence-electron chi connectivity index (χ1n) is 4.71. The normalized spacial score (nSPS) is 10.3. The molecule has 0 aliphatic carbocycles. The van der Waals surface area contributed by atoms with Gasteiger partial charge in [-0.05, 0) is 0 Å². The summed E-state index contributed by atoms with van der Waals surface area (Å²) in [5.41, 5.74) is 6.02. The number of aromatic nitrogens is 5. The molecular weight excluding hydrogens is 208 g/mol. The van der Waals surface area contributed by atoms with Gasteiger partial charge < -0.3 is 5.73 Å². The molecule has 0 aliphatic rings. The Hall–Kier alpha value is -2.15. The maximum Gasteiger partial charge on any atom is 0.217 e. The molecule has 2 heterocycles. The molecule has 0 amide bonds. The number of nitrogens with zero attached hydrogens (tertiary/aromatic N) is 5. The van der Waals surface area contributed by atoms with Gasteiger partial charge in [0, 0.05) is 18.9 Å². The zero-order chi connectivity index (χ0) is 11.4. The Labute approximate surface area is 91.3 Å². The molecule has 0 aromatic carbocycles. The van der Waals surface area contributed by atoms with Crippen LogP contribution in [0.1, 0.15) is 16.1 Å². The molecule has 0 saturated heterocycles. The van der Waals surface area contributed by atoms with E-state index in [-0.39, 0.29) is 11.5 Å². The van der Waals surface area contributed by atoms with E-state index in [0.29, 0.717) is 18.7 Å². The second-order valence-corrected chi connectivity index (χ2v) is 3.11. The first-order chi connectivity index (χ1) is 7.81. The van der Waals surface area contributed by atoms with Crippen LogP contribution in [0.2, 0.25) is 0 Å². The van der Waals surface area contributed by atoms with Crippen LogP contribution in [0.5, 0.6) is 0 Å². The Bertz CT molecular complexity index is 480. The van der Waals surface area contributed by atoms with Crippen LogP contribution in [0.25, 0.3) is 0 Å². The number of hydrogen-bond acceptors (Lipinski definition) is 6. The van der Waals surface area contributed by atoms with Crippen molar-refractivity contribution in [3.8, 4) is 0 Å². The molecule has 2 N–H and O–H groups in total. The minimum atomic E-state index is -0.246. The summed E-state index contributed by atoms with van der Waals surface area (Å²) in [6, 6.07) is 0. The number of carbonyl (C=O) groups is 1. The topological polar surface area (TPSA) is 99.6 Å². The fourth-order valence-electron chi connectivity index (χ4n) is 1.21. The molecular formula is C9H10N6O. The lowest BCUT2D eigenvalue weighted by Gasteiger charge is -1.94. The molecule has 82 valence electrons. The Morgan fingerprint density at radius 3 is 2.81 bits per heavy atom. The largest absolute Gasteiger partial charge is 0.329 e. The number of rotatable bonds is 4. The summed E-state index contributed by atoms with van der Waals surface area (Å²) in [6.07, 6.45) is 5.80. The Balaban J connectivity index is 2.21. The molecule has 7 nitrogen and oxygen atoms in total. The van der Waals surface area contributed by atoms with Crippen LogP contribution in [-0.4, -0.2) is 37.3 Å². The van der Waals surface area contributed by atoms with Crippen molar-refractivity contribution in [3.05, 3.63) is 36.2 Å². The van der Waals surface area contributed by atoms with Gasteiger partial charge in [-0.3, -0.25) is 9.48 Å². The third-order valence-electron chi connectivity index (χ3n) is 1.95. The van der Waals surface area contributed by atoms with Gasteiger partial charge in [0.1, 0.15) is 6.33 Å². The molecule has 2 rings (SSSR count). The molecule has 0 unspecified atom stereocenters. The smallest absolute Gasteiger partial charge is 0.217 e. The first kappa shape index (κ1) is 10.4. The number of ketones is 1. The highest BCUT2D eigenvalue weighted by Crippen LogP contribution is 2.03. The summed E-state index contributed by atoms with van der Waals surface area (Å²) < 4.78 is 1.52. The second kappa shape index (κ2) is 4.58. The van der Waals surface area contributed by atoms with Crippen molar-refractivity contribution in [2.45, 2.75) is 6.54 Å². The third-order valence-corrected chi connectivity index (χ3v) is 1.95. The fourth-order valence-corrected chi connectivity index (χ4v) is 1.21. The Morgan fingerprint density at radius 2 is 2.12 bits per heavy atom. The van der Waals surface area contributed by atoms with E-state index in [2.05, 4.69) is 20.3 Å². The fraction of sp³-hybridized carbons (Fsp3) is 0.222. The van der Waals surface area contributed by atoms with Gasteiger partial charge in [-0.2, -0.15) is 0 Å². The molecule has 16 heavy (non-hydrogen) atoms. The van der Waals surface area contributed by atoms with Crippen molar-refractivity contribution in [1.29, 1.82) is 0 Å². The highest BCUT2D eigenvalue weighted by atomic mass is 16.1. The molecule has 0 aliphatic heterocycles. The van der Waals surface area contributed by atoms with Crippen molar-refractivity contribution >= 4 is 5.78 Å². The van der Waals surface area contributed by atoms with E-state index in [9.17, 15) is 4.79 Å². The summed E-state index contributed by atoms with van der Waals surface area (Å²) in [5, 5.41) is 7.54. The maximum atomic E-state index is 11.8. The predicted molar refractivity (Wildman–Crippen MR) is 54.5 cm³/mol. The van der Waals surface area contributed by atoms with Crippen molar-refractivity contribution in [1.82, 2.24) is 25.0 Å². The molecule has 0 spiro atoms. The van der Waals surface area contributed by atoms with Crippen LogP contribution in [0.4, 0.5) is 0 Å². The highest BCUT2D eigenvalue weighted by Gasteiger charge is 2.13. The van der Waals surface area contributed by atoms with Crippen LogP contribution in [0, 0.1) is 0 Å². The molecule has 0 fully saturated rings. The first-order valence-corrected chi connectivity index (χ1v) is 4.71. The average molecular weight is 218 g/mol. The Kier molecular flexibility index (Phi) is 2.97. The predicted octanol–water partition coefficient (Wildman–Crippen LogP) is -0.742. The summed E-state index contributed by atoms with van der Waals surface area (Å²) in [7, 11) is 0. The molecule has 0 saturated carbocycles. The lowest BCUT2D eigenvalue weighted by atomic mass is 10.2. The van der Waals surface area contributed by atoms with Crippen LogP contribution in [0.3, 0.4) is 0 Å². The van der Waals surface area contributed by atoms with Crippen molar-refractivity contribution in [3.63, 3.8) is 0 Å². The van der Waals surface area contributed by atoms with E-state index < -0.39 is 0 Å². The second-order valence-electron chi connectivity index (χ2n) is 3.11. The van der Waals surface area contributed by atoms with Crippen molar-refractivity contribution in [2.24, 2.45) is 5.73 Å². The van der Waals surface area contributed by atoms with E-state index in [4.69, 9.17) is 5.73 Å². The van der Waals surface area contributed by atoms with Gasteiger partial charge in [-0.1, -0.05) is 5.21 Å². The lowest BCUT2D eigenvalue weighted by Crippen LogP contribution is -2.10. The molecule has 0 radical (unpaired) electrons. The van der Waals surface area contributed by atoms with E-state index in [1.54, 1.807) is 6.20 Å². The molecule has 7 heteroatoms. The third kappa shape index (κ3) is 2.09. The van der Waals surface area contributed by atoms with Crippen LogP contribution in [-0.2, 0) is 6.54 Å². The van der Waals surface area contributed by atoms with E-state index in [1.807, 2.05) is 0 Å². The maximum absolute atomic E-state index is 11.8. The SMILES string of the molecule is NCCn1cc(C(=O)c2cncnc2)nn1. The van der Waals surface area contributed by atoms with Crippen LogP contribution in [0.15, 0.2) is 24.9 Å². The zero-order valence-corrected chi connectivity index (χ0v) is 8.45. The minimum Gasteiger partial charge on any atom is -0.329 e. The summed E-state index contributed by atoms with van der Waals surface area (Å²) in [4.78, 5) is 19.4. The van der Waals surface area contributed by atoms with Crippen LogP contribution < -0.4 is 5.73 Å². The summed E-state index contributed by atoms with van der Waals surface area (Å²) in [6.45, 7) is 0.983. The highest BCUT2D eigenvalue weighted by molar-refractivity contribution is 6.07. The van der Waals surface area contributed by atoms with E-state index in [0.717, 1.165) is 0 Å². The van der Waals surface area contributed by atoms with Gasteiger partial charge in [-0.25, -0.2) is 9.97 Å². The minimum absolute atomic E-state index is 0.246. The van der Waals surface area contributed by atoms with Gasteiger partial charge in [0.15, 0.2) is 5.69 Å². The van der Waals surface area contributed by atoms with Gasteiger partial charge in [0.25, 0.3) is 0 Å². The molecule has 2 aromatic rings. The standard InChI is InChI=1S/C9H10N6O/c10-1-2-15-5-8(13-14-15)9(16)7-3-11-6-12-4-7/h3-6H,1-2,10H2. The average Bonchev–Trinajstić information content (AvgIpc) is 2.78. The molecule has 2 aromatic heterocycles. The zero-order valence-electron chi connectivity index (χ0n) is 8.45. The van der Waals surface area contributed by atoms with E-state index in [1.165, 1.54) is 23.4 Å².